The van der Waals surface area contributed by atoms with Gasteiger partial charge in [-0.25, -0.2) is 0 Å². The molecule has 0 aliphatic carbocycles. The smallest absolute Gasteiger partial charge is 0.254 e. The van der Waals surface area contributed by atoms with Crippen LogP contribution in [0.2, 0.25) is 0 Å². The predicted octanol–water partition coefficient (Wildman–Crippen LogP) is 1.76. The third kappa shape index (κ3) is 2.84. The van der Waals surface area contributed by atoms with Crippen molar-refractivity contribution in [2.75, 3.05) is 0 Å². The van der Waals surface area contributed by atoms with E-state index in [1.165, 1.54) is 6.08 Å². The molecule has 0 aromatic heterocycles. The van der Waals surface area contributed by atoms with Crippen molar-refractivity contribution in [2.45, 2.75) is 19.9 Å². The molecule has 0 saturated carbocycles. The molecule has 0 atom stereocenters. The van der Waals surface area contributed by atoms with Crippen LogP contribution in [0.15, 0.2) is 12.7 Å². The fourth-order valence-electron chi connectivity index (χ4n) is 0.342. The van der Waals surface area contributed by atoms with E-state index < -0.39 is 0 Å². The summed E-state index contributed by atoms with van der Waals surface area (Å²) >= 11 is 1.97. The van der Waals surface area contributed by atoms with Gasteiger partial charge in [-0.3, -0.25) is 7.91 Å². The molecule has 0 unspecified atom stereocenters. The minimum absolute atomic E-state index is 0.0365. The lowest BCUT2D eigenvalue weighted by molar-refractivity contribution is -0.121. The molecule has 0 aliphatic rings. The second kappa shape index (κ2) is 3.87. The normalized spacial score (nSPS) is 9.33. The Balaban J connectivity index is 3.87. The Labute approximate surface area is 69.4 Å². The summed E-state index contributed by atoms with van der Waals surface area (Å²) in [7, 11) is 0. The van der Waals surface area contributed by atoms with E-state index in [1.54, 1.807) is 3.11 Å². The maximum absolute atomic E-state index is 10.8. The third-order valence-corrected chi connectivity index (χ3v) is 2.43. The molecule has 52 valence electrons. The zero-order valence-corrected chi connectivity index (χ0v) is 7.75. The molecule has 0 fully saturated rings. The maximum atomic E-state index is 10.8. The van der Waals surface area contributed by atoms with Gasteiger partial charge >= 0.3 is 0 Å². The molecule has 0 aromatic rings. The van der Waals surface area contributed by atoms with E-state index in [2.05, 4.69) is 6.58 Å². The van der Waals surface area contributed by atoms with Crippen LogP contribution in [-0.2, 0) is 4.79 Å². The monoisotopic (exact) mass is 239 g/mol. The van der Waals surface area contributed by atoms with Crippen LogP contribution in [0.4, 0.5) is 0 Å². The Kier molecular flexibility index (Phi) is 3.84. The van der Waals surface area contributed by atoms with E-state index in [4.69, 9.17) is 0 Å². The van der Waals surface area contributed by atoms with Crippen LogP contribution in [0, 0.1) is 0 Å². The highest BCUT2D eigenvalue weighted by atomic mass is 127. The highest BCUT2D eigenvalue weighted by Crippen LogP contribution is 2.05. The lowest BCUT2D eigenvalue weighted by Gasteiger charge is -2.15. The molecule has 2 nitrogen and oxygen atoms in total. The molecule has 9 heavy (non-hydrogen) atoms. The first-order valence-electron chi connectivity index (χ1n) is 2.71. The first kappa shape index (κ1) is 8.94. The maximum Gasteiger partial charge on any atom is 0.254 e. The van der Waals surface area contributed by atoms with E-state index in [1.807, 2.05) is 36.7 Å². The second-order valence-corrected chi connectivity index (χ2v) is 2.99. The molecule has 1 amide bonds. The number of nitrogens with zero attached hydrogens (tertiary/aromatic N) is 1. The van der Waals surface area contributed by atoms with Gasteiger partial charge in [-0.15, -0.1) is 0 Å². The molecular formula is C6H10INO. The van der Waals surface area contributed by atoms with Crippen LogP contribution in [0.5, 0.6) is 0 Å². The van der Waals surface area contributed by atoms with E-state index in [0.29, 0.717) is 0 Å². The molecule has 0 N–H and O–H groups in total. The van der Waals surface area contributed by atoms with Crippen LogP contribution in [0.1, 0.15) is 13.8 Å². The lowest BCUT2D eigenvalue weighted by Crippen LogP contribution is -2.25. The van der Waals surface area contributed by atoms with Crippen molar-refractivity contribution in [1.82, 2.24) is 3.11 Å². The van der Waals surface area contributed by atoms with Gasteiger partial charge in [0.05, 0.1) is 22.9 Å². The summed E-state index contributed by atoms with van der Waals surface area (Å²) in [4.78, 5) is 10.8. The number of amides is 1. The molecule has 0 aromatic carbocycles. The number of rotatable bonds is 2. The molecule has 0 rings (SSSR count). The summed E-state index contributed by atoms with van der Waals surface area (Å²) in [5.74, 6) is -0.0365. The SMILES string of the molecule is C=CC(=O)N(I)C(C)C. The zero-order valence-electron chi connectivity index (χ0n) is 5.60. The summed E-state index contributed by atoms with van der Waals surface area (Å²) in [6.07, 6.45) is 1.31. The molecule has 0 spiro atoms. The largest absolute Gasteiger partial charge is 0.279 e. The molecule has 0 aliphatic heterocycles. The Hall–Kier alpha value is -0.0600. The summed E-state index contributed by atoms with van der Waals surface area (Å²) in [6, 6.07) is 0.246. The molecule has 3 heteroatoms. The van der Waals surface area contributed by atoms with E-state index >= 15 is 0 Å². The molecule has 0 saturated heterocycles. The summed E-state index contributed by atoms with van der Waals surface area (Å²) in [6.45, 7) is 7.27. The van der Waals surface area contributed by atoms with Crippen molar-refractivity contribution in [3.05, 3.63) is 12.7 Å². The van der Waals surface area contributed by atoms with Gasteiger partial charge in [-0.05, 0) is 19.9 Å². The van der Waals surface area contributed by atoms with E-state index in [-0.39, 0.29) is 11.9 Å². The number of carbonyl (C=O) groups is 1. The summed E-state index contributed by atoms with van der Waals surface area (Å²) in [5, 5.41) is 0. The average molecular weight is 239 g/mol. The Morgan fingerprint density at radius 1 is 1.78 bits per heavy atom. The topological polar surface area (TPSA) is 20.3 Å². The minimum atomic E-state index is -0.0365. The van der Waals surface area contributed by atoms with Gasteiger partial charge in [-0.2, -0.15) is 0 Å². The Morgan fingerprint density at radius 3 is 2.33 bits per heavy atom. The van der Waals surface area contributed by atoms with Crippen molar-refractivity contribution >= 4 is 28.8 Å². The fraction of sp³-hybridized carbons (Fsp3) is 0.500. The zero-order chi connectivity index (χ0) is 7.44. The van der Waals surface area contributed by atoms with Crippen molar-refractivity contribution in [1.29, 1.82) is 0 Å². The predicted molar refractivity (Wildman–Crippen MR) is 46.2 cm³/mol. The molecule has 0 radical (unpaired) electrons. The lowest BCUT2D eigenvalue weighted by atomic mass is 10.4. The van der Waals surface area contributed by atoms with Gasteiger partial charge in [0.1, 0.15) is 0 Å². The van der Waals surface area contributed by atoms with Crippen LogP contribution in [-0.4, -0.2) is 15.1 Å². The third-order valence-electron chi connectivity index (χ3n) is 0.839. The summed E-state index contributed by atoms with van der Waals surface area (Å²) < 4.78 is 1.60. The Morgan fingerprint density at radius 2 is 2.22 bits per heavy atom. The minimum Gasteiger partial charge on any atom is -0.279 e. The quantitative estimate of drug-likeness (QED) is 0.408. The second-order valence-electron chi connectivity index (χ2n) is 1.95. The Bertz CT molecular complexity index is 122. The molecule has 0 heterocycles. The van der Waals surface area contributed by atoms with Gasteiger partial charge in [0, 0.05) is 6.04 Å². The first-order valence-corrected chi connectivity index (χ1v) is 3.67. The van der Waals surface area contributed by atoms with Crippen LogP contribution in [0.3, 0.4) is 0 Å². The van der Waals surface area contributed by atoms with Crippen molar-refractivity contribution in [3.8, 4) is 0 Å². The van der Waals surface area contributed by atoms with Crippen LogP contribution in [0.25, 0.3) is 0 Å². The molecule has 0 bridgehead atoms. The van der Waals surface area contributed by atoms with Crippen LogP contribution < -0.4 is 0 Å². The first-order chi connectivity index (χ1) is 4.09. The van der Waals surface area contributed by atoms with Crippen molar-refractivity contribution < 1.29 is 4.79 Å². The number of hydrogen-bond acceptors (Lipinski definition) is 1. The van der Waals surface area contributed by atoms with Crippen molar-refractivity contribution in [3.63, 3.8) is 0 Å². The van der Waals surface area contributed by atoms with Crippen LogP contribution >= 0.6 is 22.9 Å². The summed E-state index contributed by atoms with van der Waals surface area (Å²) in [5.41, 5.74) is 0. The highest BCUT2D eigenvalue weighted by Gasteiger charge is 2.08. The van der Waals surface area contributed by atoms with Gasteiger partial charge in [0.25, 0.3) is 5.91 Å². The van der Waals surface area contributed by atoms with Gasteiger partial charge in [-0.1, -0.05) is 6.58 Å². The fourth-order valence-corrected chi connectivity index (χ4v) is 0.539. The number of carbonyl (C=O) groups excluding carboxylic acids is 1. The number of halogens is 1. The van der Waals surface area contributed by atoms with Gasteiger partial charge < -0.3 is 0 Å². The highest BCUT2D eigenvalue weighted by molar-refractivity contribution is 14.1. The van der Waals surface area contributed by atoms with E-state index in [9.17, 15) is 4.79 Å². The average Bonchev–Trinajstić information content (AvgIpc) is 1.84. The van der Waals surface area contributed by atoms with Gasteiger partial charge in [0.15, 0.2) is 0 Å². The van der Waals surface area contributed by atoms with Crippen molar-refractivity contribution in [2.24, 2.45) is 0 Å². The number of hydrogen-bond donors (Lipinski definition) is 0. The standard InChI is InChI=1S/C6H10INO/c1-4-6(9)8(7)5(2)3/h4-5H,1H2,2-3H3. The van der Waals surface area contributed by atoms with E-state index in [0.717, 1.165) is 0 Å². The van der Waals surface area contributed by atoms with Gasteiger partial charge in [0.2, 0.25) is 0 Å². The molecular weight excluding hydrogens is 229 g/mol.